The summed E-state index contributed by atoms with van der Waals surface area (Å²) in [6.07, 6.45) is 1.27. The SMILES string of the molecule is Cc1ccc(-c2noc(CN(C)C(=O)[C@H]3CCCN(S(=O)(=O)c4ccccc4)C3)n2)cc1. The van der Waals surface area contributed by atoms with E-state index in [1.54, 1.807) is 37.4 Å². The van der Waals surface area contributed by atoms with E-state index in [0.29, 0.717) is 31.1 Å². The van der Waals surface area contributed by atoms with Gasteiger partial charge in [0.2, 0.25) is 27.6 Å². The van der Waals surface area contributed by atoms with Gasteiger partial charge in [0.15, 0.2) is 0 Å². The van der Waals surface area contributed by atoms with Crippen LogP contribution in [-0.2, 0) is 21.4 Å². The standard InChI is InChI=1S/C23H26N4O4S/c1-17-10-12-18(13-11-17)22-24-21(31-25-22)16-26(2)23(28)19-7-6-14-27(15-19)32(29,30)20-8-4-3-5-9-20/h3-5,8-13,19H,6-7,14-16H2,1-2H3/t19-/m0/s1. The van der Waals surface area contributed by atoms with Gasteiger partial charge in [0.1, 0.15) is 0 Å². The van der Waals surface area contributed by atoms with Crippen LogP contribution in [0.5, 0.6) is 0 Å². The highest BCUT2D eigenvalue weighted by Crippen LogP contribution is 2.25. The van der Waals surface area contributed by atoms with E-state index in [1.807, 2.05) is 31.2 Å². The first-order valence-electron chi connectivity index (χ1n) is 10.5. The molecule has 1 fully saturated rings. The van der Waals surface area contributed by atoms with Crippen molar-refractivity contribution in [3.63, 3.8) is 0 Å². The molecule has 4 rings (SSSR count). The maximum absolute atomic E-state index is 13.0. The Labute approximate surface area is 187 Å². The number of hydrogen-bond donors (Lipinski definition) is 0. The molecule has 9 heteroatoms. The van der Waals surface area contributed by atoms with Gasteiger partial charge in [-0.05, 0) is 31.9 Å². The van der Waals surface area contributed by atoms with E-state index in [0.717, 1.165) is 11.1 Å². The van der Waals surface area contributed by atoms with Crippen LogP contribution in [0.1, 0.15) is 24.3 Å². The van der Waals surface area contributed by atoms with Crippen molar-refractivity contribution >= 4 is 15.9 Å². The second kappa shape index (κ2) is 9.22. The molecule has 168 valence electrons. The predicted molar refractivity (Wildman–Crippen MR) is 119 cm³/mol. The number of carbonyl (C=O) groups is 1. The predicted octanol–water partition coefficient (Wildman–Crippen LogP) is 3.10. The van der Waals surface area contributed by atoms with Gasteiger partial charge >= 0.3 is 0 Å². The van der Waals surface area contributed by atoms with Crippen molar-refractivity contribution in [3.8, 4) is 11.4 Å². The molecule has 32 heavy (non-hydrogen) atoms. The number of hydrogen-bond acceptors (Lipinski definition) is 6. The smallest absolute Gasteiger partial charge is 0.246 e. The van der Waals surface area contributed by atoms with Gasteiger partial charge in [-0.1, -0.05) is 53.2 Å². The van der Waals surface area contributed by atoms with Crippen LogP contribution in [0.25, 0.3) is 11.4 Å². The Morgan fingerprint density at radius 2 is 1.88 bits per heavy atom. The van der Waals surface area contributed by atoms with Gasteiger partial charge < -0.3 is 9.42 Å². The van der Waals surface area contributed by atoms with Crippen LogP contribution in [0.2, 0.25) is 0 Å². The average Bonchev–Trinajstić information content (AvgIpc) is 3.28. The van der Waals surface area contributed by atoms with Crippen molar-refractivity contribution in [1.82, 2.24) is 19.3 Å². The molecule has 0 bridgehead atoms. The minimum absolute atomic E-state index is 0.131. The van der Waals surface area contributed by atoms with Crippen LogP contribution >= 0.6 is 0 Å². The summed E-state index contributed by atoms with van der Waals surface area (Å²) in [4.78, 5) is 19.2. The zero-order chi connectivity index (χ0) is 22.7. The molecule has 1 amide bonds. The van der Waals surface area contributed by atoms with Crippen LogP contribution in [-0.4, -0.2) is 53.8 Å². The molecule has 2 heterocycles. The Morgan fingerprint density at radius 3 is 2.59 bits per heavy atom. The number of nitrogens with zero attached hydrogens (tertiary/aromatic N) is 4. The Balaban J connectivity index is 1.41. The van der Waals surface area contributed by atoms with Gasteiger partial charge in [0.25, 0.3) is 0 Å². The first-order chi connectivity index (χ1) is 15.3. The van der Waals surface area contributed by atoms with E-state index in [1.165, 1.54) is 9.21 Å². The molecule has 2 aromatic carbocycles. The third-order valence-electron chi connectivity index (χ3n) is 5.64. The van der Waals surface area contributed by atoms with E-state index in [-0.39, 0.29) is 23.9 Å². The summed E-state index contributed by atoms with van der Waals surface area (Å²) in [6, 6.07) is 16.1. The van der Waals surface area contributed by atoms with Crippen LogP contribution in [0, 0.1) is 12.8 Å². The Kier molecular flexibility index (Phi) is 6.38. The van der Waals surface area contributed by atoms with Crippen LogP contribution < -0.4 is 0 Å². The number of aromatic nitrogens is 2. The number of aryl methyl sites for hydroxylation is 1. The van der Waals surface area contributed by atoms with Gasteiger partial charge in [-0.3, -0.25) is 4.79 Å². The zero-order valence-electron chi connectivity index (χ0n) is 18.1. The summed E-state index contributed by atoms with van der Waals surface area (Å²) in [5, 5.41) is 4.01. The molecule has 0 spiro atoms. The first-order valence-corrected chi connectivity index (χ1v) is 12.0. The van der Waals surface area contributed by atoms with Crippen molar-refractivity contribution in [2.75, 3.05) is 20.1 Å². The number of amides is 1. The fraction of sp³-hybridized carbons (Fsp3) is 0.348. The van der Waals surface area contributed by atoms with E-state index in [9.17, 15) is 13.2 Å². The lowest BCUT2D eigenvalue weighted by atomic mass is 9.98. The highest BCUT2D eigenvalue weighted by atomic mass is 32.2. The minimum atomic E-state index is -3.62. The van der Waals surface area contributed by atoms with Crippen molar-refractivity contribution in [1.29, 1.82) is 0 Å². The molecule has 0 aliphatic carbocycles. The largest absolute Gasteiger partial charge is 0.337 e. The maximum atomic E-state index is 13.0. The second-order valence-corrected chi connectivity index (χ2v) is 10.0. The quantitative estimate of drug-likeness (QED) is 0.568. The number of sulfonamides is 1. The fourth-order valence-electron chi connectivity index (χ4n) is 3.84. The third kappa shape index (κ3) is 4.73. The van der Waals surface area contributed by atoms with E-state index >= 15 is 0 Å². The Bertz CT molecular complexity index is 1180. The van der Waals surface area contributed by atoms with Gasteiger partial charge in [0.05, 0.1) is 17.4 Å². The molecule has 0 saturated carbocycles. The number of rotatable bonds is 6. The monoisotopic (exact) mass is 454 g/mol. The summed E-state index contributed by atoms with van der Waals surface area (Å²) in [5.41, 5.74) is 1.98. The fourth-order valence-corrected chi connectivity index (χ4v) is 5.38. The molecule has 1 atom stereocenters. The van der Waals surface area contributed by atoms with Crippen molar-refractivity contribution in [3.05, 3.63) is 66.1 Å². The number of piperidine rings is 1. The average molecular weight is 455 g/mol. The summed E-state index contributed by atoms with van der Waals surface area (Å²) in [5.74, 6) is 0.263. The van der Waals surface area contributed by atoms with Crippen LogP contribution in [0.3, 0.4) is 0 Å². The molecular weight excluding hydrogens is 428 g/mol. The Morgan fingerprint density at radius 1 is 1.16 bits per heavy atom. The second-order valence-electron chi connectivity index (χ2n) is 8.09. The summed E-state index contributed by atoms with van der Waals surface area (Å²) in [7, 11) is -1.95. The van der Waals surface area contributed by atoms with Crippen molar-refractivity contribution in [2.24, 2.45) is 5.92 Å². The molecule has 8 nitrogen and oxygen atoms in total. The van der Waals surface area contributed by atoms with Crippen LogP contribution in [0.15, 0.2) is 64.0 Å². The van der Waals surface area contributed by atoms with Gasteiger partial charge in [-0.15, -0.1) is 0 Å². The van der Waals surface area contributed by atoms with Gasteiger partial charge in [-0.25, -0.2) is 8.42 Å². The molecule has 0 radical (unpaired) electrons. The molecule has 1 saturated heterocycles. The molecule has 0 unspecified atom stereocenters. The molecule has 3 aromatic rings. The lowest BCUT2D eigenvalue weighted by Gasteiger charge is -2.33. The van der Waals surface area contributed by atoms with E-state index < -0.39 is 15.9 Å². The summed E-state index contributed by atoms with van der Waals surface area (Å²) in [6.45, 7) is 2.75. The lowest BCUT2D eigenvalue weighted by Crippen LogP contribution is -2.45. The lowest BCUT2D eigenvalue weighted by molar-refractivity contribution is -0.136. The van der Waals surface area contributed by atoms with E-state index in [4.69, 9.17) is 4.52 Å². The molecule has 1 aliphatic rings. The zero-order valence-corrected chi connectivity index (χ0v) is 19.0. The van der Waals surface area contributed by atoms with Gasteiger partial charge in [-0.2, -0.15) is 9.29 Å². The molecule has 1 aliphatic heterocycles. The third-order valence-corrected chi connectivity index (χ3v) is 7.52. The molecular formula is C23H26N4O4S. The molecule has 0 N–H and O–H groups in total. The van der Waals surface area contributed by atoms with Crippen molar-refractivity contribution < 1.29 is 17.7 Å². The number of carbonyl (C=O) groups excluding carboxylic acids is 1. The highest BCUT2D eigenvalue weighted by molar-refractivity contribution is 7.89. The first kappa shape index (κ1) is 22.2. The van der Waals surface area contributed by atoms with Crippen molar-refractivity contribution in [2.45, 2.75) is 31.2 Å². The normalized spacial score (nSPS) is 17.2. The molecule has 1 aromatic heterocycles. The van der Waals surface area contributed by atoms with Crippen LogP contribution in [0.4, 0.5) is 0 Å². The number of benzene rings is 2. The maximum Gasteiger partial charge on any atom is 0.246 e. The summed E-state index contributed by atoms with van der Waals surface area (Å²) < 4.78 is 32.6. The highest BCUT2D eigenvalue weighted by Gasteiger charge is 2.34. The Hall–Kier alpha value is -3.04. The van der Waals surface area contributed by atoms with E-state index in [2.05, 4.69) is 10.1 Å². The topological polar surface area (TPSA) is 96.6 Å². The van der Waals surface area contributed by atoms with Gasteiger partial charge in [0, 0.05) is 25.7 Å². The minimum Gasteiger partial charge on any atom is -0.337 e. The summed E-state index contributed by atoms with van der Waals surface area (Å²) >= 11 is 0.